The van der Waals surface area contributed by atoms with Crippen molar-refractivity contribution in [2.75, 3.05) is 0 Å². The molecule has 0 radical (unpaired) electrons. The fourth-order valence-electron chi connectivity index (χ4n) is 4.17. The Kier molecular flexibility index (Phi) is 5.54. The van der Waals surface area contributed by atoms with Gasteiger partial charge in [0.25, 0.3) is 0 Å². The van der Waals surface area contributed by atoms with Gasteiger partial charge in [0.05, 0.1) is 6.04 Å². The van der Waals surface area contributed by atoms with Crippen LogP contribution in [-0.4, -0.2) is 20.9 Å². The highest BCUT2D eigenvalue weighted by Gasteiger charge is 2.41. The summed E-state index contributed by atoms with van der Waals surface area (Å²) in [6.07, 6.45) is 7.23. The molecule has 1 aromatic heterocycles. The molecule has 4 rings (SSSR count). The molecule has 2 aliphatic rings. The van der Waals surface area contributed by atoms with Gasteiger partial charge >= 0.3 is 0 Å². The molecule has 2 heterocycles. The highest BCUT2D eigenvalue weighted by atomic mass is 35.5. The summed E-state index contributed by atoms with van der Waals surface area (Å²) >= 11 is 6.08. The first-order valence-electron chi connectivity index (χ1n) is 10.1. The number of aromatic nitrogens is 2. The van der Waals surface area contributed by atoms with Gasteiger partial charge in [-0.25, -0.2) is 0 Å². The summed E-state index contributed by atoms with van der Waals surface area (Å²) in [7, 11) is 0. The van der Waals surface area contributed by atoms with Crippen LogP contribution in [-0.2, 0) is 4.79 Å². The summed E-state index contributed by atoms with van der Waals surface area (Å²) < 4.78 is 5.62. The van der Waals surface area contributed by atoms with Crippen molar-refractivity contribution < 1.29 is 9.32 Å². The van der Waals surface area contributed by atoms with E-state index in [0.717, 1.165) is 43.5 Å². The predicted molar refractivity (Wildman–Crippen MR) is 108 cm³/mol. The molecule has 0 bridgehead atoms. The van der Waals surface area contributed by atoms with Crippen LogP contribution < -0.4 is 0 Å². The van der Waals surface area contributed by atoms with E-state index in [1.54, 1.807) is 0 Å². The summed E-state index contributed by atoms with van der Waals surface area (Å²) in [4.78, 5) is 20.1. The van der Waals surface area contributed by atoms with Gasteiger partial charge in [0.2, 0.25) is 11.8 Å². The maximum atomic E-state index is 13.5. The smallest absolute Gasteiger partial charge is 0.249 e. The van der Waals surface area contributed by atoms with Gasteiger partial charge in [0.1, 0.15) is 6.04 Å². The second kappa shape index (κ2) is 8.08. The number of hydrogen-bond donors (Lipinski definition) is 0. The molecule has 1 saturated carbocycles. The molecule has 28 heavy (non-hydrogen) atoms. The Balaban J connectivity index is 1.69. The molecule has 1 amide bonds. The largest absolute Gasteiger partial charge is 0.337 e. The third kappa shape index (κ3) is 3.72. The zero-order valence-electron chi connectivity index (χ0n) is 16.2. The molecule has 1 aliphatic carbocycles. The lowest BCUT2D eigenvalue weighted by Gasteiger charge is -2.42. The lowest BCUT2D eigenvalue weighted by molar-refractivity contribution is -0.146. The zero-order valence-corrected chi connectivity index (χ0v) is 16.9. The van der Waals surface area contributed by atoms with Crippen LogP contribution in [0.1, 0.15) is 80.7 Å². The molecule has 1 aliphatic heterocycles. The molecule has 2 fully saturated rings. The van der Waals surface area contributed by atoms with Gasteiger partial charge < -0.3 is 9.42 Å². The van der Waals surface area contributed by atoms with Gasteiger partial charge in [-0.1, -0.05) is 41.9 Å². The molecule has 6 heteroatoms. The van der Waals surface area contributed by atoms with Crippen molar-refractivity contribution in [1.29, 1.82) is 0 Å². The van der Waals surface area contributed by atoms with Crippen LogP contribution in [0.4, 0.5) is 0 Å². The lowest BCUT2D eigenvalue weighted by atomic mass is 9.85. The van der Waals surface area contributed by atoms with Gasteiger partial charge in [0.15, 0.2) is 5.82 Å². The Morgan fingerprint density at radius 3 is 2.68 bits per heavy atom. The van der Waals surface area contributed by atoms with Gasteiger partial charge in [0, 0.05) is 16.9 Å². The number of carbonyl (C=O) groups is 1. The summed E-state index contributed by atoms with van der Waals surface area (Å²) in [5.41, 5.74) is 1.09. The Labute approximate surface area is 170 Å². The SMILES string of the molecule is C=CCC1CCC(c2ccc(Cl)cc2)N([C@@H](CC)c2nc(C3CC3)no2)C1=O. The number of hydrogen-bond acceptors (Lipinski definition) is 4. The van der Waals surface area contributed by atoms with Crippen LogP contribution in [0.2, 0.25) is 5.02 Å². The Morgan fingerprint density at radius 1 is 1.29 bits per heavy atom. The van der Waals surface area contributed by atoms with E-state index < -0.39 is 0 Å². The third-order valence-electron chi connectivity index (χ3n) is 5.84. The van der Waals surface area contributed by atoms with E-state index in [0.29, 0.717) is 23.3 Å². The molecular weight excluding hydrogens is 374 g/mol. The number of likely N-dealkylation sites (tertiary alicyclic amines) is 1. The Hall–Kier alpha value is -2.14. The summed E-state index contributed by atoms with van der Waals surface area (Å²) in [5, 5.41) is 4.87. The summed E-state index contributed by atoms with van der Waals surface area (Å²) in [5.74, 6) is 1.86. The van der Waals surface area contributed by atoms with Crippen LogP contribution >= 0.6 is 11.6 Å². The number of amides is 1. The molecule has 1 aromatic carbocycles. The van der Waals surface area contributed by atoms with E-state index >= 15 is 0 Å². The maximum Gasteiger partial charge on any atom is 0.249 e. The average Bonchev–Trinajstić information content (AvgIpc) is 3.44. The second-order valence-electron chi connectivity index (χ2n) is 7.80. The van der Waals surface area contributed by atoms with E-state index in [2.05, 4.69) is 23.6 Å². The lowest BCUT2D eigenvalue weighted by Crippen LogP contribution is -2.45. The van der Waals surface area contributed by atoms with Crippen molar-refractivity contribution in [3.63, 3.8) is 0 Å². The van der Waals surface area contributed by atoms with E-state index in [-0.39, 0.29) is 23.9 Å². The Bertz CT molecular complexity index is 844. The van der Waals surface area contributed by atoms with Crippen molar-refractivity contribution in [3.8, 4) is 0 Å². The number of rotatable bonds is 7. The fourth-order valence-corrected chi connectivity index (χ4v) is 4.30. The van der Waals surface area contributed by atoms with Gasteiger partial charge in [-0.15, -0.1) is 6.58 Å². The topological polar surface area (TPSA) is 59.2 Å². The molecule has 1 saturated heterocycles. The van der Waals surface area contributed by atoms with Crippen molar-refractivity contribution >= 4 is 17.5 Å². The molecule has 2 aromatic rings. The average molecular weight is 400 g/mol. The number of benzene rings is 1. The van der Waals surface area contributed by atoms with E-state index in [4.69, 9.17) is 16.1 Å². The van der Waals surface area contributed by atoms with Gasteiger partial charge in [-0.05, 0) is 56.2 Å². The molecule has 0 N–H and O–H groups in total. The Morgan fingerprint density at radius 2 is 2.04 bits per heavy atom. The van der Waals surface area contributed by atoms with Gasteiger partial charge in [-0.3, -0.25) is 4.79 Å². The minimum absolute atomic E-state index is 0.0212. The second-order valence-corrected chi connectivity index (χ2v) is 8.24. The quantitative estimate of drug-likeness (QED) is 0.568. The van der Waals surface area contributed by atoms with Crippen LogP contribution in [0, 0.1) is 5.92 Å². The molecule has 5 nitrogen and oxygen atoms in total. The molecule has 3 atom stereocenters. The monoisotopic (exact) mass is 399 g/mol. The van der Waals surface area contributed by atoms with Crippen LogP contribution in [0.3, 0.4) is 0 Å². The minimum Gasteiger partial charge on any atom is -0.337 e. The minimum atomic E-state index is -0.221. The van der Waals surface area contributed by atoms with Crippen LogP contribution in [0.15, 0.2) is 41.4 Å². The van der Waals surface area contributed by atoms with E-state index in [9.17, 15) is 4.79 Å². The van der Waals surface area contributed by atoms with Crippen molar-refractivity contribution in [3.05, 3.63) is 59.2 Å². The third-order valence-corrected chi connectivity index (χ3v) is 6.09. The van der Waals surface area contributed by atoms with Crippen molar-refractivity contribution in [1.82, 2.24) is 15.0 Å². The first-order chi connectivity index (χ1) is 13.6. The number of carbonyl (C=O) groups excluding carboxylic acids is 1. The predicted octanol–water partition coefficient (Wildman–Crippen LogP) is 5.61. The normalized spacial score (nSPS) is 23.6. The molecule has 2 unspecified atom stereocenters. The molecule has 0 spiro atoms. The summed E-state index contributed by atoms with van der Waals surface area (Å²) in [6.45, 7) is 5.89. The van der Waals surface area contributed by atoms with Gasteiger partial charge in [-0.2, -0.15) is 4.98 Å². The number of halogens is 1. The van der Waals surface area contributed by atoms with Crippen molar-refractivity contribution in [2.24, 2.45) is 5.92 Å². The highest BCUT2D eigenvalue weighted by Crippen LogP contribution is 2.43. The first-order valence-corrected chi connectivity index (χ1v) is 10.5. The molecule has 148 valence electrons. The van der Waals surface area contributed by atoms with Crippen LogP contribution in [0.5, 0.6) is 0 Å². The van der Waals surface area contributed by atoms with Crippen LogP contribution in [0.25, 0.3) is 0 Å². The number of nitrogens with zero attached hydrogens (tertiary/aromatic N) is 3. The molecular formula is C22H26ClN3O2. The van der Waals surface area contributed by atoms with E-state index in [1.165, 1.54) is 0 Å². The van der Waals surface area contributed by atoms with E-state index in [1.807, 2.05) is 35.2 Å². The fraction of sp³-hybridized carbons (Fsp3) is 0.500. The standard InChI is InChI=1S/C22H26ClN3O2/c1-3-5-16-10-13-19(14-8-11-17(23)12-9-14)26(22(16)27)18(4-2)21-24-20(25-28-21)15-6-7-15/h3,8-9,11-12,15-16,18-19H,1,4-7,10,13H2,2H3/t16?,18-,19?/m0/s1. The number of allylic oxidation sites excluding steroid dienone is 1. The highest BCUT2D eigenvalue weighted by molar-refractivity contribution is 6.30. The van der Waals surface area contributed by atoms with Crippen molar-refractivity contribution in [2.45, 2.75) is 63.5 Å². The first kappa shape index (κ1) is 19.2. The zero-order chi connectivity index (χ0) is 19.7. The number of piperidine rings is 1. The summed E-state index contributed by atoms with van der Waals surface area (Å²) in [6, 6.07) is 7.55. The maximum absolute atomic E-state index is 13.5.